The van der Waals surface area contributed by atoms with Crippen molar-refractivity contribution < 1.29 is 12.9 Å². The van der Waals surface area contributed by atoms with Crippen LogP contribution in [0.25, 0.3) is 0 Å². The summed E-state index contributed by atoms with van der Waals surface area (Å²) < 4.78 is 31.6. The summed E-state index contributed by atoms with van der Waals surface area (Å²) in [5.74, 6) is 0.672. The van der Waals surface area contributed by atoms with Crippen molar-refractivity contribution in [3.05, 3.63) is 29.2 Å². The zero-order valence-electron chi connectivity index (χ0n) is 10.6. The highest BCUT2D eigenvalue weighted by molar-refractivity contribution is 7.91. The summed E-state index contributed by atoms with van der Waals surface area (Å²) in [4.78, 5) is 4.16. The molecule has 2 aromatic rings. The Morgan fingerprint density at radius 3 is 2.90 bits per heavy atom. The maximum atomic E-state index is 11.9. The predicted octanol–water partition coefficient (Wildman–Crippen LogP) is 0.947. The van der Waals surface area contributed by atoms with Crippen LogP contribution in [-0.2, 0) is 22.1 Å². The van der Waals surface area contributed by atoms with Gasteiger partial charge in [-0.2, -0.15) is 4.98 Å². The highest BCUT2D eigenvalue weighted by Gasteiger charge is 2.39. The fourth-order valence-corrected chi connectivity index (χ4v) is 3.97. The number of aromatic nitrogens is 2. The van der Waals surface area contributed by atoms with Gasteiger partial charge in [0.05, 0.1) is 12.1 Å². The van der Waals surface area contributed by atoms with Crippen LogP contribution in [-0.4, -0.2) is 18.6 Å². The van der Waals surface area contributed by atoms with E-state index in [9.17, 15) is 8.42 Å². The van der Waals surface area contributed by atoms with E-state index < -0.39 is 15.6 Å². The molecule has 20 heavy (non-hydrogen) atoms. The van der Waals surface area contributed by atoms with Crippen molar-refractivity contribution in [2.24, 2.45) is 5.73 Å². The van der Waals surface area contributed by atoms with Gasteiger partial charge in [0.1, 0.15) is 4.21 Å². The topological polar surface area (TPSA) is 111 Å². The van der Waals surface area contributed by atoms with Crippen LogP contribution in [0.5, 0.6) is 0 Å². The van der Waals surface area contributed by atoms with Crippen LogP contribution in [0.15, 0.2) is 26.2 Å². The van der Waals surface area contributed by atoms with Gasteiger partial charge in [-0.15, -0.1) is 11.3 Å². The lowest BCUT2D eigenvalue weighted by atomic mass is 9.77. The third-order valence-corrected chi connectivity index (χ3v) is 6.13. The Hall–Kier alpha value is -1.29. The zero-order chi connectivity index (χ0) is 14.2. The van der Waals surface area contributed by atoms with Crippen molar-refractivity contribution in [3.8, 4) is 0 Å². The Morgan fingerprint density at radius 2 is 2.30 bits per heavy atom. The smallest absolute Gasteiger partial charge is 0.250 e. The van der Waals surface area contributed by atoms with E-state index in [4.69, 9.17) is 10.3 Å². The lowest BCUT2D eigenvalue weighted by Gasteiger charge is -2.34. The fourth-order valence-electron chi connectivity index (χ4n) is 1.95. The number of nitrogens with one attached hydrogen (secondary N) is 1. The minimum Gasteiger partial charge on any atom is -0.338 e. The number of sulfonamides is 1. The van der Waals surface area contributed by atoms with Crippen molar-refractivity contribution in [1.82, 2.24) is 14.9 Å². The largest absolute Gasteiger partial charge is 0.338 e. The van der Waals surface area contributed by atoms with E-state index >= 15 is 0 Å². The molecule has 0 atom stereocenters. The van der Waals surface area contributed by atoms with Crippen molar-refractivity contribution >= 4 is 21.4 Å². The van der Waals surface area contributed by atoms with Crippen LogP contribution < -0.4 is 10.5 Å². The van der Waals surface area contributed by atoms with Gasteiger partial charge in [-0.3, -0.25) is 0 Å². The van der Waals surface area contributed by atoms with E-state index in [-0.39, 0.29) is 16.6 Å². The Balaban J connectivity index is 1.67. The maximum absolute atomic E-state index is 11.9. The molecule has 0 unspecified atom stereocenters. The molecule has 2 aromatic heterocycles. The summed E-state index contributed by atoms with van der Waals surface area (Å²) >= 11 is 1.15. The molecule has 0 aromatic carbocycles. The van der Waals surface area contributed by atoms with Gasteiger partial charge >= 0.3 is 0 Å². The molecule has 0 saturated heterocycles. The zero-order valence-corrected chi connectivity index (χ0v) is 12.2. The van der Waals surface area contributed by atoms with Crippen LogP contribution in [0.4, 0.5) is 0 Å². The molecule has 0 bridgehead atoms. The Labute approximate surface area is 120 Å². The van der Waals surface area contributed by atoms with Gasteiger partial charge in [-0.1, -0.05) is 11.2 Å². The molecule has 7 nitrogen and oxygen atoms in total. The molecular formula is C11H14N4O3S2. The first-order chi connectivity index (χ1) is 9.50. The molecule has 2 heterocycles. The second-order valence-corrected chi connectivity index (χ2v) is 7.72. The minimum atomic E-state index is -3.52. The van der Waals surface area contributed by atoms with Crippen LogP contribution in [0.2, 0.25) is 0 Å². The van der Waals surface area contributed by atoms with Gasteiger partial charge in [0, 0.05) is 0 Å². The molecule has 3 rings (SSSR count). The molecule has 1 aliphatic carbocycles. The molecule has 108 valence electrons. The Morgan fingerprint density at radius 1 is 1.50 bits per heavy atom. The van der Waals surface area contributed by atoms with Gasteiger partial charge < -0.3 is 10.3 Å². The monoisotopic (exact) mass is 314 g/mol. The van der Waals surface area contributed by atoms with E-state index in [1.54, 1.807) is 11.4 Å². The van der Waals surface area contributed by atoms with Crippen LogP contribution in [0, 0.1) is 0 Å². The number of rotatable bonds is 5. The van der Waals surface area contributed by atoms with Gasteiger partial charge in [-0.25, -0.2) is 13.1 Å². The summed E-state index contributed by atoms with van der Waals surface area (Å²) in [7, 11) is -3.52. The second-order valence-electron chi connectivity index (χ2n) is 4.78. The molecule has 9 heteroatoms. The number of hydrogen-bond donors (Lipinski definition) is 2. The Kier molecular flexibility index (Phi) is 3.36. The first-order valence-electron chi connectivity index (χ1n) is 6.15. The van der Waals surface area contributed by atoms with Crippen LogP contribution in [0.1, 0.15) is 31.0 Å². The minimum absolute atomic E-state index is 0.0384. The molecule has 1 fully saturated rings. The van der Waals surface area contributed by atoms with Crippen molar-refractivity contribution in [2.75, 3.05) is 0 Å². The van der Waals surface area contributed by atoms with Crippen LogP contribution >= 0.6 is 11.3 Å². The molecule has 0 amide bonds. The van der Waals surface area contributed by atoms with Crippen molar-refractivity contribution in [1.29, 1.82) is 0 Å². The lowest BCUT2D eigenvalue weighted by molar-refractivity contribution is 0.229. The highest BCUT2D eigenvalue weighted by atomic mass is 32.2. The average molecular weight is 314 g/mol. The number of nitrogens with zero attached hydrogens (tertiary/aromatic N) is 2. The number of nitrogens with two attached hydrogens (primary N) is 1. The standard InChI is InChI=1S/C11H14N4O3S2/c12-11(4-2-5-11)10-14-8(18-15-10)7-13-20(16,17)9-3-1-6-19-9/h1,3,6,13H,2,4-5,7,12H2. The molecule has 0 aliphatic heterocycles. The number of thiophene rings is 1. The first kappa shape index (κ1) is 13.7. The molecule has 3 N–H and O–H groups in total. The van der Waals surface area contributed by atoms with Gasteiger partial charge in [0.15, 0.2) is 5.82 Å². The molecule has 1 aliphatic rings. The summed E-state index contributed by atoms with van der Waals surface area (Å²) in [6.07, 6.45) is 2.70. The summed E-state index contributed by atoms with van der Waals surface area (Å²) in [5, 5.41) is 5.53. The van der Waals surface area contributed by atoms with E-state index in [1.165, 1.54) is 6.07 Å². The van der Waals surface area contributed by atoms with Crippen molar-refractivity contribution in [3.63, 3.8) is 0 Å². The Bertz CT molecular complexity index is 689. The highest BCUT2D eigenvalue weighted by Crippen LogP contribution is 2.36. The van der Waals surface area contributed by atoms with Crippen LogP contribution in [0.3, 0.4) is 0 Å². The first-order valence-corrected chi connectivity index (χ1v) is 8.51. The SMILES string of the molecule is NC1(c2noc(CNS(=O)(=O)c3cccs3)n2)CCC1. The fraction of sp³-hybridized carbons (Fsp3) is 0.455. The molecule has 0 spiro atoms. The van der Waals surface area contributed by atoms with E-state index in [0.29, 0.717) is 5.82 Å². The third kappa shape index (κ3) is 2.49. The number of hydrogen-bond acceptors (Lipinski definition) is 7. The van der Waals surface area contributed by atoms with Gasteiger partial charge in [-0.05, 0) is 30.7 Å². The van der Waals surface area contributed by atoms with Gasteiger partial charge in [0.2, 0.25) is 5.89 Å². The summed E-state index contributed by atoms with van der Waals surface area (Å²) in [5.41, 5.74) is 5.57. The van der Waals surface area contributed by atoms with Gasteiger partial charge in [0.25, 0.3) is 10.0 Å². The third-order valence-electron chi connectivity index (χ3n) is 3.33. The van der Waals surface area contributed by atoms with E-state index in [0.717, 1.165) is 30.6 Å². The average Bonchev–Trinajstić information content (AvgIpc) is 3.05. The van der Waals surface area contributed by atoms with E-state index in [2.05, 4.69) is 14.9 Å². The van der Waals surface area contributed by atoms with E-state index in [1.807, 2.05) is 0 Å². The molecular weight excluding hydrogens is 300 g/mol. The molecule has 1 saturated carbocycles. The predicted molar refractivity (Wildman–Crippen MR) is 72.4 cm³/mol. The lowest BCUT2D eigenvalue weighted by Crippen LogP contribution is -2.44. The second kappa shape index (κ2) is 4.92. The summed E-state index contributed by atoms with van der Waals surface area (Å²) in [6.45, 7) is -0.0384. The van der Waals surface area contributed by atoms with Crippen molar-refractivity contribution in [2.45, 2.75) is 35.6 Å². The summed E-state index contributed by atoms with van der Waals surface area (Å²) in [6, 6.07) is 3.22. The molecule has 0 radical (unpaired) electrons. The quantitative estimate of drug-likeness (QED) is 0.850. The normalized spacial score (nSPS) is 17.9. The maximum Gasteiger partial charge on any atom is 0.250 e.